The SMILES string of the molecule is Cc1cc(C)n(-c2ccc(CCNC(=O)c3nnn(-c4ccc(F)cc4)c3C)cc2)n1. The molecule has 4 rings (SSSR count). The number of halogens is 1. The van der Waals surface area contributed by atoms with Crippen LogP contribution in [0.5, 0.6) is 0 Å². The first-order chi connectivity index (χ1) is 14.9. The lowest BCUT2D eigenvalue weighted by Crippen LogP contribution is -2.26. The third-order valence-corrected chi connectivity index (χ3v) is 5.07. The van der Waals surface area contributed by atoms with Crippen molar-refractivity contribution >= 4 is 5.91 Å². The van der Waals surface area contributed by atoms with E-state index in [2.05, 4.69) is 20.7 Å². The van der Waals surface area contributed by atoms with Crippen LogP contribution < -0.4 is 5.32 Å². The zero-order valence-corrected chi connectivity index (χ0v) is 17.6. The highest BCUT2D eigenvalue weighted by atomic mass is 19.1. The van der Waals surface area contributed by atoms with Gasteiger partial charge in [-0.05, 0) is 75.2 Å². The Bertz CT molecular complexity index is 1210. The van der Waals surface area contributed by atoms with Gasteiger partial charge in [0.05, 0.1) is 22.8 Å². The number of nitrogens with one attached hydrogen (secondary N) is 1. The minimum atomic E-state index is -0.331. The van der Waals surface area contributed by atoms with Gasteiger partial charge in [0, 0.05) is 12.2 Å². The van der Waals surface area contributed by atoms with Gasteiger partial charge in [0.25, 0.3) is 5.91 Å². The Morgan fingerprint density at radius 2 is 1.61 bits per heavy atom. The molecule has 0 spiro atoms. The highest BCUT2D eigenvalue weighted by molar-refractivity contribution is 5.93. The zero-order valence-electron chi connectivity index (χ0n) is 17.6. The number of nitrogens with zero attached hydrogens (tertiary/aromatic N) is 5. The molecule has 0 saturated heterocycles. The van der Waals surface area contributed by atoms with Crippen molar-refractivity contribution in [2.75, 3.05) is 6.54 Å². The normalized spacial score (nSPS) is 11.0. The van der Waals surface area contributed by atoms with Crippen LogP contribution in [-0.4, -0.2) is 37.2 Å². The van der Waals surface area contributed by atoms with Gasteiger partial charge in [0.2, 0.25) is 0 Å². The standard InChI is InChI=1S/C23H23FN6O/c1-15-14-16(2)29(27-15)20-8-4-18(5-9-20)12-13-25-23(31)22-17(3)30(28-26-22)21-10-6-19(24)7-11-21/h4-11,14H,12-13H2,1-3H3,(H,25,31). The molecule has 2 aromatic carbocycles. The second-order valence-corrected chi connectivity index (χ2v) is 7.42. The van der Waals surface area contributed by atoms with Gasteiger partial charge in [0.1, 0.15) is 5.82 Å². The van der Waals surface area contributed by atoms with E-state index in [1.807, 2.05) is 48.9 Å². The fraction of sp³-hybridized carbons (Fsp3) is 0.217. The summed E-state index contributed by atoms with van der Waals surface area (Å²) in [4.78, 5) is 12.5. The number of hydrogen-bond donors (Lipinski definition) is 1. The van der Waals surface area contributed by atoms with Crippen molar-refractivity contribution in [3.05, 3.63) is 88.8 Å². The maximum atomic E-state index is 13.1. The lowest BCUT2D eigenvalue weighted by Gasteiger charge is -2.07. The Kier molecular flexibility index (Phi) is 5.62. The molecular weight excluding hydrogens is 395 g/mol. The van der Waals surface area contributed by atoms with Crippen molar-refractivity contribution in [2.24, 2.45) is 0 Å². The van der Waals surface area contributed by atoms with Gasteiger partial charge in [-0.3, -0.25) is 4.79 Å². The predicted molar refractivity (Wildman–Crippen MR) is 115 cm³/mol. The van der Waals surface area contributed by atoms with Gasteiger partial charge >= 0.3 is 0 Å². The van der Waals surface area contributed by atoms with Crippen molar-refractivity contribution in [1.82, 2.24) is 30.1 Å². The average Bonchev–Trinajstić information content (AvgIpc) is 3.30. The summed E-state index contributed by atoms with van der Waals surface area (Å²) >= 11 is 0. The smallest absolute Gasteiger partial charge is 0.273 e. The van der Waals surface area contributed by atoms with Crippen molar-refractivity contribution in [3.8, 4) is 11.4 Å². The molecular formula is C23H23FN6O. The monoisotopic (exact) mass is 418 g/mol. The van der Waals surface area contributed by atoms with Crippen LogP contribution in [0.1, 0.15) is 33.1 Å². The minimum absolute atomic E-state index is 0.254. The highest BCUT2D eigenvalue weighted by Crippen LogP contribution is 2.14. The Hall–Kier alpha value is -3.81. The second kappa shape index (κ2) is 8.51. The summed E-state index contributed by atoms with van der Waals surface area (Å²) in [5.41, 5.74) is 5.68. The molecule has 0 radical (unpaired) electrons. The van der Waals surface area contributed by atoms with E-state index in [-0.39, 0.29) is 17.4 Å². The van der Waals surface area contributed by atoms with Crippen molar-refractivity contribution in [1.29, 1.82) is 0 Å². The number of rotatable bonds is 6. The predicted octanol–water partition coefficient (Wildman–Crippen LogP) is 3.49. The maximum Gasteiger partial charge on any atom is 0.273 e. The largest absolute Gasteiger partial charge is 0.350 e. The first kappa shape index (κ1) is 20.5. The van der Waals surface area contributed by atoms with Crippen LogP contribution in [0.4, 0.5) is 4.39 Å². The first-order valence-corrected chi connectivity index (χ1v) is 10.0. The summed E-state index contributed by atoms with van der Waals surface area (Å²) in [5, 5.41) is 15.4. The van der Waals surface area contributed by atoms with Gasteiger partial charge in [0.15, 0.2) is 5.69 Å². The summed E-state index contributed by atoms with van der Waals surface area (Å²) in [6, 6.07) is 16.0. The van der Waals surface area contributed by atoms with E-state index in [9.17, 15) is 9.18 Å². The van der Waals surface area contributed by atoms with E-state index < -0.39 is 0 Å². The number of aryl methyl sites for hydroxylation is 2. The quantitative estimate of drug-likeness (QED) is 0.520. The van der Waals surface area contributed by atoms with Crippen LogP contribution >= 0.6 is 0 Å². The second-order valence-electron chi connectivity index (χ2n) is 7.42. The molecule has 0 atom stereocenters. The third-order valence-electron chi connectivity index (χ3n) is 5.07. The highest BCUT2D eigenvalue weighted by Gasteiger charge is 2.17. The Balaban J connectivity index is 1.36. The van der Waals surface area contributed by atoms with Crippen molar-refractivity contribution in [2.45, 2.75) is 27.2 Å². The molecule has 0 saturated carbocycles. The average molecular weight is 418 g/mol. The van der Waals surface area contributed by atoms with Crippen molar-refractivity contribution in [3.63, 3.8) is 0 Å². The van der Waals surface area contributed by atoms with E-state index in [1.54, 1.807) is 19.1 Å². The van der Waals surface area contributed by atoms with Crippen LogP contribution in [0, 0.1) is 26.6 Å². The van der Waals surface area contributed by atoms with Crippen molar-refractivity contribution < 1.29 is 9.18 Å². The Labute approximate surface area is 179 Å². The zero-order chi connectivity index (χ0) is 22.0. The van der Waals surface area contributed by atoms with Gasteiger partial charge in [-0.25, -0.2) is 13.8 Å². The Morgan fingerprint density at radius 3 is 2.26 bits per heavy atom. The molecule has 0 bridgehead atoms. The maximum absolute atomic E-state index is 13.1. The first-order valence-electron chi connectivity index (χ1n) is 10.0. The topological polar surface area (TPSA) is 77.6 Å². The molecule has 1 amide bonds. The fourth-order valence-electron chi connectivity index (χ4n) is 3.46. The molecule has 1 N–H and O–H groups in total. The summed E-state index contributed by atoms with van der Waals surface area (Å²) in [7, 11) is 0. The van der Waals surface area contributed by atoms with Crippen LogP contribution in [0.2, 0.25) is 0 Å². The summed E-state index contributed by atoms with van der Waals surface area (Å²) in [6.07, 6.45) is 0.689. The third kappa shape index (κ3) is 4.37. The molecule has 31 heavy (non-hydrogen) atoms. The molecule has 0 fully saturated rings. The van der Waals surface area contributed by atoms with Crippen LogP contribution in [0.15, 0.2) is 54.6 Å². The lowest BCUT2D eigenvalue weighted by atomic mass is 10.1. The fourth-order valence-corrected chi connectivity index (χ4v) is 3.46. The van der Waals surface area contributed by atoms with Crippen LogP contribution in [0.3, 0.4) is 0 Å². The molecule has 0 unspecified atom stereocenters. The van der Waals surface area contributed by atoms with E-state index in [1.165, 1.54) is 16.8 Å². The molecule has 0 aliphatic rings. The molecule has 4 aromatic rings. The number of carbonyl (C=O) groups excluding carboxylic acids is 1. The van der Waals surface area contributed by atoms with Crippen LogP contribution in [-0.2, 0) is 6.42 Å². The lowest BCUT2D eigenvalue weighted by molar-refractivity contribution is 0.0948. The molecule has 8 heteroatoms. The van der Waals surface area contributed by atoms with Gasteiger partial charge in [-0.2, -0.15) is 5.10 Å². The van der Waals surface area contributed by atoms with Gasteiger partial charge in [-0.1, -0.05) is 17.3 Å². The number of aromatic nitrogens is 5. The molecule has 7 nitrogen and oxygen atoms in total. The summed E-state index contributed by atoms with van der Waals surface area (Å²) in [5.74, 6) is -0.618. The molecule has 0 aliphatic heterocycles. The van der Waals surface area contributed by atoms with E-state index in [0.717, 1.165) is 22.6 Å². The molecule has 2 heterocycles. The van der Waals surface area contributed by atoms with Gasteiger partial charge < -0.3 is 5.32 Å². The number of carbonyl (C=O) groups is 1. The molecule has 158 valence electrons. The minimum Gasteiger partial charge on any atom is -0.350 e. The van der Waals surface area contributed by atoms with Gasteiger partial charge in [-0.15, -0.1) is 5.10 Å². The van der Waals surface area contributed by atoms with E-state index >= 15 is 0 Å². The summed E-state index contributed by atoms with van der Waals surface area (Å²) < 4.78 is 16.6. The van der Waals surface area contributed by atoms with E-state index in [4.69, 9.17) is 0 Å². The number of amides is 1. The number of hydrogen-bond acceptors (Lipinski definition) is 4. The molecule has 0 aliphatic carbocycles. The van der Waals surface area contributed by atoms with E-state index in [0.29, 0.717) is 24.3 Å². The van der Waals surface area contributed by atoms with Crippen LogP contribution in [0.25, 0.3) is 11.4 Å². The number of benzene rings is 2. The molecule has 2 aromatic heterocycles. The summed E-state index contributed by atoms with van der Waals surface area (Å²) in [6.45, 7) is 6.23. The Morgan fingerprint density at radius 1 is 0.968 bits per heavy atom.